The summed E-state index contributed by atoms with van der Waals surface area (Å²) >= 11 is 6.05. The molecule has 0 radical (unpaired) electrons. The van der Waals surface area contributed by atoms with Gasteiger partial charge in [-0.25, -0.2) is 13.1 Å². The van der Waals surface area contributed by atoms with Crippen LogP contribution in [0.5, 0.6) is 0 Å². The fourth-order valence-electron chi connectivity index (χ4n) is 2.21. The molecular weight excluding hydrogens is 362 g/mol. The van der Waals surface area contributed by atoms with Crippen molar-refractivity contribution in [3.8, 4) is 5.69 Å². The van der Waals surface area contributed by atoms with Crippen molar-refractivity contribution in [2.45, 2.75) is 4.90 Å². The highest BCUT2D eigenvalue weighted by Gasteiger charge is 2.13. The smallest absolute Gasteiger partial charge is 0.255 e. The molecule has 0 aliphatic carbocycles. The lowest BCUT2D eigenvalue weighted by atomic mass is 10.2. The molecule has 8 heteroatoms. The number of carbonyl (C=O) groups excluding carboxylic acids is 1. The van der Waals surface area contributed by atoms with Gasteiger partial charge in [-0.05, 0) is 48.5 Å². The molecule has 128 valence electrons. The Bertz CT molecular complexity index is 1010. The van der Waals surface area contributed by atoms with Crippen molar-refractivity contribution in [1.29, 1.82) is 0 Å². The molecule has 0 bridgehead atoms. The zero-order valence-corrected chi connectivity index (χ0v) is 14.8. The second kappa shape index (κ2) is 6.70. The van der Waals surface area contributed by atoms with Crippen LogP contribution in [0.3, 0.4) is 0 Å². The van der Waals surface area contributed by atoms with E-state index in [4.69, 9.17) is 11.6 Å². The molecule has 6 nitrogen and oxygen atoms in total. The number of carbonyl (C=O) groups is 1. The topological polar surface area (TPSA) is 81.1 Å². The fourth-order valence-corrected chi connectivity index (χ4v) is 3.02. The predicted molar refractivity (Wildman–Crippen MR) is 96.1 cm³/mol. The van der Waals surface area contributed by atoms with E-state index in [9.17, 15) is 13.2 Å². The van der Waals surface area contributed by atoms with Gasteiger partial charge in [0.05, 0.1) is 21.3 Å². The van der Waals surface area contributed by atoms with Gasteiger partial charge in [-0.15, -0.1) is 0 Å². The summed E-state index contributed by atoms with van der Waals surface area (Å²) in [4.78, 5) is 12.5. The molecule has 2 aromatic carbocycles. The standard InChI is InChI=1S/C17H14ClN3O3S/c1-25(23,24)14-7-8-15(18)16(11-14)20-17(22)12-3-5-13(6-4-12)21-10-2-9-19-21/h2-11H,1H3,(H,20,22). The number of sulfone groups is 1. The van der Waals surface area contributed by atoms with E-state index in [0.29, 0.717) is 5.56 Å². The third-order valence-corrected chi connectivity index (χ3v) is 4.95. The normalized spacial score (nSPS) is 11.3. The van der Waals surface area contributed by atoms with Crippen molar-refractivity contribution in [2.75, 3.05) is 11.6 Å². The molecule has 0 spiro atoms. The van der Waals surface area contributed by atoms with E-state index in [1.54, 1.807) is 47.4 Å². The molecule has 0 saturated heterocycles. The quantitative estimate of drug-likeness (QED) is 0.759. The van der Waals surface area contributed by atoms with Gasteiger partial charge < -0.3 is 5.32 Å². The van der Waals surface area contributed by atoms with E-state index in [1.807, 2.05) is 0 Å². The van der Waals surface area contributed by atoms with E-state index in [1.165, 1.54) is 18.2 Å². The van der Waals surface area contributed by atoms with Gasteiger partial charge in [0.15, 0.2) is 9.84 Å². The Hall–Kier alpha value is -2.64. The Morgan fingerprint density at radius 3 is 2.48 bits per heavy atom. The maximum Gasteiger partial charge on any atom is 0.255 e. The van der Waals surface area contributed by atoms with Crippen molar-refractivity contribution in [1.82, 2.24) is 9.78 Å². The van der Waals surface area contributed by atoms with E-state index in [0.717, 1.165) is 11.9 Å². The van der Waals surface area contributed by atoms with Crippen molar-refractivity contribution in [3.63, 3.8) is 0 Å². The predicted octanol–water partition coefficient (Wildman–Crippen LogP) is 3.18. The highest BCUT2D eigenvalue weighted by Crippen LogP contribution is 2.26. The van der Waals surface area contributed by atoms with Crippen LogP contribution in [-0.4, -0.2) is 30.4 Å². The van der Waals surface area contributed by atoms with Gasteiger partial charge in [0.2, 0.25) is 0 Å². The third kappa shape index (κ3) is 3.89. The second-order valence-electron chi connectivity index (χ2n) is 5.37. The number of rotatable bonds is 4. The van der Waals surface area contributed by atoms with Crippen molar-refractivity contribution in [2.24, 2.45) is 0 Å². The molecule has 1 aromatic heterocycles. The Balaban J connectivity index is 1.83. The van der Waals surface area contributed by atoms with Gasteiger partial charge in [-0.3, -0.25) is 4.79 Å². The molecular formula is C17H14ClN3O3S. The van der Waals surface area contributed by atoms with Gasteiger partial charge in [-0.1, -0.05) is 11.6 Å². The van der Waals surface area contributed by atoms with Crippen molar-refractivity contribution < 1.29 is 13.2 Å². The molecule has 25 heavy (non-hydrogen) atoms. The SMILES string of the molecule is CS(=O)(=O)c1ccc(Cl)c(NC(=O)c2ccc(-n3cccn3)cc2)c1. The first-order valence-electron chi connectivity index (χ1n) is 7.25. The summed E-state index contributed by atoms with van der Waals surface area (Å²) in [5.74, 6) is -0.389. The molecule has 0 atom stereocenters. The van der Waals surface area contributed by atoms with E-state index in [-0.39, 0.29) is 21.5 Å². The fraction of sp³-hybridized carbons (Fsp3) is 0.0588. The first-order valence-corrected chi connectivity index (χ1v) is 9.52. The summed E-state index contributed by atoms with van der Waals surface area (Å²) in [5.41, 5.74) is 1.47. The average Bonchev–Trinajstić information content (AvgIpc) is 3.10. The summed E-state index contributed by atoms with van der Waals surface area (Å²) in [6.07, 6.45) is 4.55. The van der Waals surface area contributed by atoms with Gasteiger partial charge in [0.1, 0.15) is 0 Å². The number of halogens is 1. The first kappa shape index (κ1) is 17.2. The molecule has 0 unspecified atom stereocenters. The van der Waals surface area contributed by atoms with E-state index in [2.05, 4.69) is 10.4 Å². The maximum atomic E-state index is 12.4. The lowest BCUT2D eigenvalue weighted by Gasteiger charge is -2.09. The second-order valence-corrected chi connectivity index (χ2v) is 7.79. The Morgan fingerprint density at radius 1 is 1.16 bits per heavy atom. The number of aromatic nitrogens is 2. The number of hydrogen-bond acceptors (Lipinski definition) is 4. The molecule has 0 saturated carbocycles. The molecule has 1 N–H and O–H groups in total. The van der Waals surface area contributed by atoms with Crippen LogP contribution < -0.4 is 5.32 Å². The molecule has 3 rings (SSSR count). The first-order chi connectivity index (χ1) is 11.8. The minimum Gasteiger partial charge on any atom is -0.321 e. The monoisotopic (exact) mass is 375 g/mol. The Morgan fingerprint density at radius 2 is 1.88 bits per heavy atom. The maximum absolute atomic E-state index is 12.4. The minimum atomic E-state index is -3.39. The van der Waals surface area contributed by atoms with Crippen LogP contribution in [-0.2, 0) is 9.84 Å². The molecule has 3 aromatic rings. The zero-order valence-electron chi connectivity index (χ0n) is 13.2. The average molecular weight is 376 g/mol. The van der Waals surface area contributed by atoms with E-state index >= 15 is 0 Å². The summed E-state index contributed by atoms with van der Waals surface area (Å²) in [6.45, 7) is 0. The molecule has 1 amide bonds. The van der Waals surface area contributed by atoms with Crippen LogP contribution in [0.15, 0.2) is 65.8 Å². The lowest BCUT2D eigenvalue weighted by molar-refractivity contribution is 0.102. The number of anilines is 1. The van der Waals surface area contributed by atoms with Gasteiger partial charge in [0, 0.05) is 24.2 Å². The van der Waals surface area contributed by atoms with Crippen molar-refractivity contribution >= 4 is 33.0 Å². The van der Waals surface area contributed by atoms with Crippen LogP contribution in [0.2, 0.25) is 5.02 Å². The number of amides is 1. The Kier molecular flexibility index (Phi) is 4.61. The summed E-state index contributed by atoms with van der Waals surface area (Å²) in [6, 6.07) is 12.8. The summed E-state index contributed by atoms with van der Waals surface area (Å²) in [7, 11) is -3.39. The third-order valence-electron chi connectivity index (χ3n) is 3.51. The summed E-state index contributed by atoms with van der Waals surface area (Å²) in [5, 5.41) is 7.01. The number of nitrogens with one attached hydrogen (secondary N) is 1. The molecule has 1 heterocycles. The minimum absolute atomic E-state index is 0.0845. The number of nitrogens with zero attached hydrogens (tertiary/aromatic N) is 2. The highest BCUT2D eigenvalue weighted by molar-refractivity contribution is 7.90. The molecule has 0 aliphatic rings. The molecule has 0 fully saturated rings. The van der Waals surface area contributed by atoms with Crippen LogP contribution in [0.25, 0.3) is 5.69 Å². The van der Waals surface area contributed by atoms with Crippen LogP contribution in [0, 0.1) is 0 Å². The van der Waals surface area contributed by atoms with Gasteiger partial charge in [0.25, 0.3) is 5.91 Å². The van der Waals surface area contributed by atoms with Crippen LogP contribution in [0.4, 0.5) is 5.69 Å². The lowest BCUT2D eigenvalue weighted by Crippen LogP contribution is -2.13. The van der Waals surface area contributed by atoms with Crippen LogP contribution >= 0.6 is 11.6 Å². The summed E-state index contributed by atoms with van der Waals surface area (Å²) < 4.78 is 25.0. The largest absolute Gasteiger partial charge is 0.321 e. The molecule has 0 aliphatic heterocycles. The number of hydrogen-bond donors (Lipinski definition) is 1. The zero-order chi connectivity index (χ0) is 18.0. The highest BCUT2D eigenvalue weighted by atomic mass is 35.5. The van der Waals surface area contributed by atoms with E-state index < -0.39 is 9.84 Å². The number of benzene rings is 2. The van der Waals surface area contributed by atoms with Crippen LogP contribution in [0.1, 0.15) is 10.4 Å². The van der Waals surface area contributed by atoms with Gasteiger partial charge >= 0.3 is 0 Å². The Labute approximate surface area is 150 Å². The van der Waals surface area contributed by atoms with Crippen molar-refractivity contribution in [3.05, 3.63) is 71.5 Å². The van der Waals surface area contributed by atoms with Gasteiger partial charge in [-0.2, -0.15) is 5.10 Å².